The number of sulfonamides is 1. The number of amides is 2. The van der Waals surface area contributed by atoms with E-state index in [1.165, 1.54) is 4.31 Å². The van der Waals surface area contributed by atoms with E-state index in [2.05, 4.69) is 15.6 Å². The molecule has 3 rings (SSSR count). The Morgan fingerprint density at radius 1 is 1.16 bits per heavy atom. The summed E-state index contributed by atoms with van der Waals surface area (Å²) in [6.45, 7) is 4.17. The van der Waals surface area contributed by atoms with Gasteiger partial charge in [0.25, 0.3) is 0 Å². The molecule has 1 fully saturated rings. The first-order chi connectivity index (χ1) is 14.8. The fraction of sp³-hybridized carbons (Fsp3) is 0.381. The number of hydrogen-bond acceptors (Lipinski definition) is 6. The van der Waals surface area contributed by atoms with Crippen LogP contribution in [0, 0.1) is 13.8 Å². The van der Waals surface area contributed by atoms with Gasteiger partial charge in [-0.1, -0.05) is 18.2 Å². The van der Waals surface area contributed by atoms with Gasteiger partial charge < -0.3 is 15.4 Å². The lowest BCUT2D eigenvalue weighted by molar-refractivity contribution is -0.140. The predicted molar refractivity (Wildman–Crippen MR) is 113 cm³/mol. The summed E-state index contributed by atoms with van der Waals surface area (Å²) in [6.07, 6.45) is 1.23. The Morgan fingerprint density at radius 2 is 1.94 bits per heavy atom. The fourth-order valence-corrected chi connectivity index (χ4v) is 5.11. The number of pyridine rings is 1. The molecule has 1 atom stereocenters. The molecule has 1 aliphatic rings. The molecule has 9 nitrogen and oxygen atoms in total. The van der Waals surface area contributed by atoms with Gasteiger partial charge >= 0.3 is 11.8 Å². The van der Waals surface area contributed by atoms with Gasteiger partial charge in [-0.15, -0.1) is 0 Å². The highest BCUT2D eigenvalue weighted by Gasteiger charge is 2.35. The van der Waals surface area contributed by atoms with Gasteiger partial charge in [0.15, 0.2) is 0 Å². The van der Waals surface area contributed by atoms with E-state index < -0.39 is 28.1 Å². The van der Waals surface area contributed by atoms with Crippen LogP contribution in [0.2, 0.25) is 0 Å². The van der Waals surface area contributed by atoms with Crippen molar-refractivity contribution >= 4 is 21.8 Å². The van der Waals surface area contributed by atoms with Crippen molar-refractivity contribution in [3.8, 4) is 0 Å². The van der Waals surface area contributed by atoms with Crippen LogP contribution in [0.25, 0.3) is 0 Å². The standard InChI is InChI=1S/C21H26N4O5S/c1-15-7-8-16(2)18(12-15)31(28,29)25-10-5-11-30-19(25)14-24-21(27)20(26)23-13-17-6-3-4-9-22-17/h3-4,6-9,12,19H,5,10-11,13-14H2,1-2H3,(H,23,26)(H,24,27)/t19-/m1/s1. The first kappa shape index (κ1) is 22.9. The number of carbonyl (C=O) groups is 2. The Kier molecular flexibility index (Phi) is 7.37. The van der Waals surface area contributed by atoms with E-state index in [1.807, 2.05) is 13.0 Å². The average Bonchev–Trinajstić information content (AvgIpc) is 2.78. The molecule has 2 amide bonds. The van der Waals surface area contributed by atoms with Crippen molar-refractivity contribution in [2.75, 3.05) is 19.7 Å². The molecule has 0 bridgehead atoms. The van der Waals surface area contributed by atoms with Crippen molar-refractivity contribution in [3.63, 3.8) is 0 Å². The molecular formula is C21H26N4O5S. The molecule has 1 saturated heterocycles. The van der Waals surface area contributed by atoms with Crippen LogP contribution in [0.4, 0.5) is 0 Å². The van der Waals surface area contributed by atoms with Crippen LogP contribution >= 0.6 is 0 Å². The minimum absolute atomic E-state index is 0.111. The highest BCUT2D eigenvalue weighted by Crippen LogP contribution is 2.25. The van der Waals surface area contributed by atoms with Crippen molar-refractivity contribution in [1.82, 2.24) is 19.9 Å². The summed E-state index contributed by atoms with van der Waals surface area (Å²) in [7, 11) is -3.83. The van der Waals surface area contributed by atoms with Crippen LogP contribution in [0.3, 0.4) is 0 Å². The molecule has 2 aromatic rings. The maximum atomic E-state index is 13.3. The average molecular weight is 447 g/mol. The zero-order valence-corrected chi connectivity index (χ0v) is 18.3. The van der Waals surface area contributed by atoms with E-state index in [4.69, 9.17) is 4.74 Å². The van der Waals surface area contributed by atoms with Gasteiger partial charge in [-0.05, 0) is 49.6 Å². The highest BCUT2D eigenvalue weighted by atomic mass is 32.2. The summed E-state index contributed by atoms with van der Waals surface area (Å²) >= 11 is 0. The lowest BCUT2D eigenvalue weighted by atomic mass is 10.2. The predicted octanol–water partition coefficient (Wildman–Crippen LogP) is 0.868. The number of nitrogens with one attached hydrogen (secondary N) is 2. The first-order valence-electron chi connectivity index (χ1n) is 9.95. The second kappa shape index (κ2) is 9.99. The summed E-state index contributed by atoms with van der Waals surface area (Å²) in [5.74, 6) is -1.69. The third-order valence-electron chi connectivity index (χ3n) is 4.88. The van der Waals surface area contributed by atoms with Gasteiger partial charge in [-0.3, -0.25) is 14.6 Å². The topological polar surface area (TPSA) is 118 Å². The number of nitrogens with zero attached hydrogens (tertiary/aromatic N) is 2. The SMILES string of the molecule is Cc1ccc(C)c(S(=O)(=O)N2CCCO[C@@H]2CNC(=O)C(=O)NCc2ccccn2)c1. The monoisotopic (exact) mass is 446 g/mol. The smallest absolute Gasteiger partial charge is 0.309 e. The molecule has 0 unspecified atom stereocenters. The van der Waals surface area contributed by atoms with E-state index in [0.29, 0.717) is 24.3 Å². The number of aromatic nitrogens is 1. The molecule has 1 aromatic carbocycles. The van der Waals surface area contributed by atoms with Gasteiger partial charge in [0.1, 0.15) is 6.23 Å². The summed E-state index contributed by atoms with van der Waals surface area (Å²) in [4.78, 5) is 28.5. The third kappa shape index (κ3) is 5.66. The molecule has 2 heterocycles. The van der Waals surface area contributed by atoms with Crippen LogP contribution in [0.1, 0.15) is 23.2 Å². The lowest BCUT2D eigenvalue weighted by Gasteiger charge is -2.35. The molecule has 10 heteroatoms. The zero-order chi connectivity index (χ0) is 22.4. The maximum Gasteiger partial charge on any atom is 0.309 e. The van der Waals surface area contributed by atoms with Crippen LogP contribution in [-0.2, 0) is 30.9 Å². The van der Waals surface area contributed by atoms with Crippen molar-refractivity contribution in [1.29, 1.82) is 0 Å². The summed E-state index contributed by atoms with van der Waals surface area (Å²) < 4.78 is 33.4. The Bertz CT molecular complexity index is 1040. The Balaban J connectivity index is 1.63. The van der Waals surface area contributed by atoms with E-state index in [0.717, 1.165) is 5.56 Å². The summed E-state index contributed by atoms with van der Waals surface area (Å²) in [6, 6.07) is 10.5. The van der Waals surface area contributed by atoms with Crippen LogP contribution in [0.15, 0.2) is 47.5 Å². The maximum absolute atomic E-state index is 13.3. The van der Waals surface area contributed by atoms with E-state index in [1.54, 1.807) is 43.5 Å². The quantitative estimate of drug-likeness (QED) is 0.636. The molecule has 0 spiro atoms. The van der Waals surface area contributed by atoms with Gasteiger partial charge in [-0.25, -0.2) is 8.42 Å². The molecule has 166 valence electrons. The number of ether oxygens (including phenoxy) is 1. The fourth-order valence-electron chi connectivity index (χ4n) is 3.23. The van der Waals surface area contributed by atoms with Crippen molar-refractivity contribution in [3.05, 3.63) is 59.4 Å². The van der Waals surface area contributed by atoms with Gasteiger partial charge in [0.05, 0.1) is 30.3 Å². The summed E-state index contributed by atoms with van der Waals surface area (Å²) in [5.41, 5.74) is 2.08. The third-order valence-corrected chi connectivity index (χ3v) is 6.92. The Labute approximate surface area is 181 Å². The number of carbonyl (C=O) groups excluding carboxylic acids is 2. The second-order valence-electron chi connectivity index (χ2n) is 7.28. The zero-order valence-electron chi connectivity index (χ0n) is 17.5. The van der Waals surface area contributed by atoms with Crippen molar-refractivity contribution < 1.29 is 22.7 Å². The minimum atomic E-state index is -3.83. The molecule has 0 aliphatic carbocycles. The molecule has 31 heavy (non-hydrogen) atoms. The normalized spacial score (nSPS) is 17.2. The number of benzene rings is 1. The molecule has 1 aromatic heterocycles. The van der Waals surface area contributed by atoms with Gasteiger partial charge in [0.2, 0.25) is 10.0 Å². The van der Waals surface area contributed by atoms with E-state index in [-0.39, 0.29) is 24.5 Å². The highest BCUT2D eigenvalue weighted by molar-refractivity contribution is 7.89. The Hall–Kier alpha value is -2.82. The summed E-state index contributed by atoms with van der Waals surface area (Å²) in [5, 5.41) is 4.95. The number of hydrogen-bond donors (Lipinski definition) is 2. The lowest BCUT2D eigenvalue weighted by Crippen LogP contribution is -2.53. The molecule has 0 radical (unpaired) electrons. The van der Waals surface area contributed by atoms with Crippen LogP contribution < -0.4 is 10.6 Å². The van der Waals surface area contributed by atoms with Crippen LogP contribution in [-0.4, -0.2) is 55.4 Å². The Morgan fingerprint density at radius 3 is 2.68 bits per heavy atom. The van der Waals surface area contributed by atoms with E-state index in [9.17, 15) is 18.0 Å². The van der Waals surface area contributed by atoms with Crippen molar-refractivity contribution in [2.45, 2.75) is 37.9 Å². The van der Waals surface area contributed by atoms with Gasteiger partial charge in [0, 0.05) is 12.7 Å². The van der Waals surface area contributed by atoms with Crippen molar-refractivity contribution in [2.24, 2.45) is 0 Å². The number of rotatable bonds is 6. The number of aryl methyl sites for hydroxylation is 2. The van der Waals surface area contributed by atoms with Crippen LogP contribution in [0.5, 0.6) is 0 Å². The minimum Gasteiger partial charge on any atom is -0.360 e. The molecule has 1 aliphatic heterocycles. The van der Waals surface area contributed by atoms with Gasteiger partial charge in [-0.2, -0.15) is 4.31 Å². The first-order valence-corrected chi connectivity index (χ1v) is 11.4. The molecule has 0 saturated carbocycles. The second-order valence-corrected chi connectivity index (χ2v) is 9.14. The molecular weight excluding hydrogens is 420 g/mol. The van der Waals surface area contributed by atoms with E-state index >= 15 is 0 Å². The molecule has 2 N–H and O–H groups in total. The largest absolute Gasteiger partial charge is 0.360 e.